The molecule has 2 aromatic rings. The molecule has 25 heavy (non-hydrogen) atoms. The van der Waals surface area contributed by atoms with Crippen molar-refractivity contribution in [3.05, 3.63) is 58.6 Å². The summed E-state index contributed by atoms with van der Waals surface area (Å²) in [6.07, 6.45) is 2.28. The van der Waals surface area contributed by atoms with Crippen LogP contribution in [0.2, 0.25) is 0 Å². The summed E-state index contributed by atoms with van der Waals surface area (Å²) < 4.78 is 0. The number of carbonyl (C=O) groups is 1. The zero-order valence-corrected chi connectivity index (χ0v) is 14.5. The Balaban J connectivity index is 1.70. The van der Waals surface area contributed by atoms with Crippen molar-refractivity contribution >= 4 is 34.7 Å². The highest BCUT2D eigenvalue weighted by Gasteiger charge is 2.19. The maximum atomic E-state index is 12.1. The lowest BCUT2D eigenvalue weighted by Gasteiger charge is -2.18. The van der Waals surface area contributed by atoms with Gasteiger partial charge in [-0.25, -0.2) is 0 Å². The summed E-state index contributed by atoms with van der Waals surface area (Å²) in [5, 5.41) is 14.1. The molecule has 1 aliphatic heterocycles. The SMILES string of the molecule is O=C(CSc1cc(N2CCCC2)ccc1[N+](=O)[O-])Nc1ccccc1. The average molecular weight is 357 g/mol. The van der Waals surface area contributed by atoms with Crippen molar-refractivity contribution in [2.24, 2.45) is 0 Å². The van der Waals surface area contributed by atoms with Crippen LogP contribution >= 0.6 is 11.8 Å². The molecule has 1 saturated heterocycles. The Hall–Kier alpha value is -2.54. The van der Waals surface area contributed by atoms with E-state index in [1.54, 1.807) is 18.2 Å². The van der Waals surface area contributed by atoms with Crippen molar-refractivity contribution in [1.82, 2.24) is 0 Å². The predicted octanol–water partition coefficient (Wildman–Crippen LogP) is 3.93. The van der Waals surface area contributed by atoms with Crippen LogP contribution in [0.25, 0.3) is 0 Å². The van der Waals surface area contributed by atoms with Gasteiger partial charge in [0.1, 0.15) is 0 Å². The fraction of sp³-hybridized carbons (Fsp3) is 0.278. The molecular weight excluding hydrogens is 338 g/mol. The molecule has 1 N–H and O–H groups in total. The molecule has 2 aromatic carbocycles. The molecule has 3 rings (SSSR count). The molecule has 1 heterocycles. The number of carbonyl (C=O) groups excluding carboxylic acids is 1. The fourth-order valence-corrected chi connectivity index (χ4v) is 3.66. The first-order chi connectivity index (χ1) is 12.1. The minimum atomic E-state index is -0.398. The van der Waals surface area contributed by atoms with Crippen molar-refractivity contribution in [2.45, 2.75) is 17.7 Å². The zero-order chi connectivity index (χ0) is 17.6. The van der Waals surface area contributed by atoms with Gasteiger partial charge in [-0.05, 0) is 37.1 Å². The lowest BCUT2D eigenvalue weighted by Crippen LogP contribution is -2.17. The molecule has 0 aliphatic carbocycles. The molecule has 0 saturated carbocycles. The third-order valence-corrected chi connectivity index (χ3v) is 5.07. The van der Waals surface area contributed by atoms with Gasteiger partial charge in [0.05, 0.1) is 15.6 Å². The van der Waals surface area contributed by atoms with Crippen LogP contribution in [-0.4, -0.2) is 29.7 Å². The topological polar surface area (TPSA) is 75.5 Å². The van der Waals surface area contributed by atoms with Gasteiger partial charge in [-0.1, -0.05) is 18.2 Å². The van der Waals surface area contributed by atoms with Crippen LogP contribution in [0.15, 0.2) is 53.4 Å². The van der Waals surface area contributed by atoms with Gasteiger partial charge in [0, 0.05) is 30.5 Å². The van der Waals surface area contributed by atoms with Crippen LogP contribution < -0.4 is 10.2 Å². The van der Waals surface area contributed by atoms with Gasteiger partial charge < -0.3 is 10.2 Å². The van der Waals surface area contributed by atoms with E-state index in [2.05, 4.69) is 10.2 Å². The standard InChI is InChI=1S/C18H19N3O3S/c22-18(19-14-6-2-1-3-7-14)13-25-17-12-15(20-10-4-5-11-20)8-9-16(17)21(23)24/h1-3,6-9,12H,4-5,10-11,13H2,(H,19,22). The number of hydrogen-bond donors (Lipinski definition) is 1. The van der Waals surface area contributed by atoms with Crippen molar-refractivity contribution in [1.29, 1.82) is 0 Å². The summed E-state index contributed by atoms with van der Waals surface area (Å²) in [7, 11) is 0. The van der Waals surface area contributed by atoms with Crippen LogP contribution in [0.1, 0.15) is 12.8 Å². The van der Waals surface area contributed by atoms with Gasteiger partial charge >= 0.3 is 0 Å². The number of rotatable bonds is 6. The number of thioether (sulfide) groups is 1. The van der Waals surface area contributed by atoms with E-state index in [9.17, 15) is 14.9 Å². The molecule has 0 radical (unpaired) electrons. The van der Waals surface area contributed by atoms with Crippen LogP contribution in [0.5, 0.6) is 0 Å². The van der Waals surface area contributed by atoms with Gasteiger partial charge in [0.15, 0.2) is 0 Å². The van der Waals surface area contributed by atoms with E-state index in [0.29, 0.717) is 10.6 Å². The second kappa shape index (κ2) is 8.02. The van der Waals surface area contributed by atoms with Crippen LogP contribution in [0, 0.1) is 10.1 Å². The number of anilines is 2. The molecule has 1 amide bonds. The molecule has 0 aromatic heterocycles. The number of hydrogen-bond acceptors (Lipinski definition) is 5. The van der Waals surface area contributed by atoms with Crippen molar-refractivity contribution in [2.75, 3.05) is 29.1 Å². The van der Waals surface area contributed by atoms with Gasteiger partial charge in [-0.3, -0.25) is 14.9 Å². The summed E-state index contributed by atoms with van der Waals surface area (Å²) in [6, 6.07) is 14.3. The Labute approximate surface area is 150 Å². The number of nitro groups is 1. The van der Waals surface area contributed by atoms with E-state index in [1.165, 1.54) is 17.8 Å². The molecule has 7 heteroatoms. The third kappa shape index (κ3) is 4.51. The number of amides is 1. The van der Waals surface area contributed by atoms with E-state index in [0.717, 1.165) is 31.6 Å². The maximum Gasteiger partial charge on any atom is 0.283 e. The smallest absolute Gasteiger partial charge is 0.283 e. The van der Waals surface area contributed by atoms with Gasteiger partial charge in [-0.2, -0.15) is 0 Å². The van der Waals surface area contributed by atoms with E-state index in [4.69, 9.17) is 0 Å². The fourth-order valence-electron chi connectivity index (χ4n) is 2.80. The Morgan fingerprint density at radius 2 is 1.88 bits per heavy atom. The van der Waals surface area contributed by atoms with Crippen LogP contribution in [0.3, 0.4) is 0 Å². The minimum absolute atomic E-state index is 0.0421. The lowest BCUT2D eigenvalue weighted by molar-refractivity contribution is -0.387. The Morgan fingerprint density at radius 3 is 2.56 bits per heavy atom. The molecule has 130 valence electrons. The second-order valence-corrected chi connectivity index (χ2v) is 6.82. The van der Waals surface area contributed by atoms with Crippen LogP contribution in [0.4, 0.5) is 17.1 Å². The summed E-state index contributed by atoms with van der Waals surface area (Å²) in [4.78, 5) is 25.7. The first kappa shape index (κ1) is 17.3. The summed E-state index contributed by atoms with van der Waals surface area (Å²) in [5.74, 6) is -0.0591. The summed E-state index contributed by atoms with van der Waals surface area (Å²) in [5.41, 5.74) is 1.74. The maximum absolute atomic E-state index is 12.1. The number of nitrogens with zero attached hydrogens (tertiary/aromatic N) is 2. The number of nitrogens with one attached hydrogen (secondary N) is 1. The summed E-state index contributed by atoms with van der Waals surface area (Å²) >= 11 is 1.20. The Morgan fingerprint density at radius 1 is 1.16 bits per heavy atom. The van der Waals surface area contributed by atoms with Crippen molar-refractivity contribution in [3.63, 3.8) is 0 Å². The van der Waals surface area contributed by atoms with Gasteiger partial charge in [0.25, 0.3) is 5.69 Å². The highest BCUT2D eigenvalue weighted by Crippen LogP contribution is 2.34. The highest BCUT2D eigenvalue weighted by atomic mass is 32.2. The van der Waals surface area contributed by atoms with Crippen LogP contribution in [-0.2, 0) is 4.79 Å². The average Bonchev–Trinajstić information content (AvgIpc) is 3.15. The number of benzene rings is 2. The quantitative estimate of drug-likeness (QED) is 0.482. The first-order valence-corrected chi connectivity index (χ1v) is 9.13. The number of para-hydroxylation sites is 1. The highest BCUT2D eigenvalue weighted by molar-refractivity contribution is 8.00. The normalized spacial score (nSPS) is 13.7. The second-order valence-electron chi connectivity index (χ2n) is 5.81. The zero-order valence-electron chi connectivity index (χ0n) is 13.7. The van der Waals surface area contributed by atoms with Gasteiger partial charge in [-0.15, -0.1) is 11.8 Å². The lowest BCUT2D eigenvalue weighted by atomic mass is 10.2. The molecule has 1 aliphatic rings. The molecule has 0 atom stereocenters. The monoisotopic (exact) mass is 357 g/mol. The van der Waals surface area contributed by atoms with Crippen molar-refractivity contribution < 1.29 is 9.72 Å². The summed E-state index contributed by atoms with van der Waals surface area (Å²) in [6.45, 7) is 1.94. The Bertz CT molecular complexity index is 761. The molecule has 0 spiro atoms. The van der Waals surface area contributed by atoms with E-state index in [-0.39, 0.29) is 17.3 Å². The number of nitro benzene ring substituents is 1. The Kier molecular flexibility index (Phi) is 5.55. The largest absolute Gasteiger partial charge is 0.371 e. The molecular formula is C18H19N3O3S. The predicted molar refractivity (Wildman–Crippen MR) is 100 cm³/mol. The van der Waals surface area contributed by atoms with E-state index >= 15 is 0 Å². The van der Waals surface area contributed by atoms with Crippen molar-refractivity contribution in [3.8, 4) is 0 Å². The van der Waals surface area contributed by atoms with E-state index < -0.39 is 4.92 Å². The molecule has 0 bridgehead atoms. The third-order valence-electron chi connectivity index (χ3n) is 4.03. The van der Waals surface area contributed by atoms with E-state index in [1.807, 2.05) is 24.3 Å². The van der Waals surface area contributed by atoms with Gasteiger partial charge in [0.2, 0.25) is 5.91 Å². The molecule has 1 fully saturated rings. The first-order valence-electron chi connectivity index (χ1n) is 8.14. The molecule has 6 nitrogen and oxygen atoms in total. The minimum Gasteiger partial charge on any atom is -0.371 e. The molecule has 0 unspecified atom stereocenters.